The van der Waals surface area contributed by atoms with E-state index in [-0.39, 0.29) is 5.91 Å². The zero-order valence-electron chi connectivity index (χ0n) is 20.2. The SMILES string of the molecule is Cc1noc(-c2ccc(C(=O)NC3=Cc4ccccc4C3)cc2)c1NC(=O)OC(C)c1ccccc1Cl. The fourth-order valence-electron chi connectivity index (χ4n) is 4.23. The summed E-state index contributed by atoms with van der Waals surface area (Å²) in [5.41, 5.74) is 5.90. The lowest BCUT2D eigenvalue weighted by Crippen LogP contribution is -2.22. The zero-order valence-corrected chi connectivity index (χ0v) is 21.0. The largest absolute Gasteiger partial charge is 0.441 e. The summed E-state index contributed by atoms with van der Waals surface area (Å²) >= 11 is 6.21. The van der Waals surface area contributed by atoms with Crippen LogP contribution in [0.2, 0.25) is 5.02 Å². The van der Waals surface area contributed by atoms with Gasteiger partial charge < -0.3 is 14.6 Å². The predicted molar refractivity (Wildman–Crippen MR) is 142 cm³/mol. The number of hydrogen-bond acceptors (Lipinski definition) is 5. The van der Waals surface area contributed by atoms with E-state index in [1.54, 1.807) is 50.2 Å². The van der Waals surface area contributed by atoms with Crippen LogP contribution in [0.4, 0.5) is 10.5 Å². The number of nitrogens with zero attached hydrogens (tertiary/aromatic N) is 1. The van der Waals surface area contributed by atoms with Gasteiger partial charge in [-0.15, -0.1) is 0 Å². The highest BCUT2D eigenvalue weighted by Crippen LogP contribution is 2.32. The van der Waals surface area contributed by atoms with Crippen LogP contribution >= 0.6 is 11.6 Å². The van der Waals surface area contributed by atoms with Gasteiger partial charge in [0.05, 0.1) is 0 Å². The minimum atomic E-state index is -0.665. The van der Waals surface area contributed by atoms with Gasteiger partial charge in [0.1, 0.15) is 17.5 Å². The number of nitrogens with one attached hydrogen (secondary N) is 2. The van der Waals surface area contributed by atoms with E-state index in [0.717, 1.165) is 11.3 Å². The fourth-order valence-corrected chi connectivity index (χ4v) is 4.51. The van der Waals surface area contributed by atoms with Gasteiger partial charge in [-0.2, -0.15) is 0 Å². The highest BCUT2D eigenvalue weighted by Gasteiger charge is 2.21. The van der Waals surface area contributed by atoms with E-state index in [9.17, 15) is 9.59 Å². The quantitative estimate of drug-likeness (QED) is 0.291. The Morgan fingerprint density at radius 3 is 2.49 bits per heavy atom. The number of anilines is 1. The molecule has 4 aromatic rings. The number of rotatable bonds is 6. The Morgan fingerprint density at radius 1 is 1.00 bits per heavy atom. The number of carbonyl (C=O) groups is 2. The van der Waals surface area contributed by atoms with Gasteiger partial charge in [-0.05, 0) is 49.2 Å². The van der Waals surface area contributed by atoms with Gasteiger partial charge in [-0.3, -0.25) is 10.1 Å². The highest BCUT2D eigenvalue weighted by atomic mass is 35.5. The van der Waals surface area contributed by atoms with Crippen LogP contribution in [0.1, 0.15) is 45.8 Å². The highest BCUT2D eigenvalue weighted by molar-refractivity contribution is 6.31. The number of aromatic nitrogens is 1. The molecule has 2 N–H and O–H groups in total. The summed E-state index contributed by atoms with van der Waals surface area (Å²) in [7, 11) is 0. The van der Waals surface area contributed by atoms with E-state index >= 15 is 0 Å². The summed E-state index contributed by atoms with van der Waals surface area (Å²) in [6.45, 7) is 3.46. The maximum absolute atomic E-state index is 12.8. The third kappa shape index (κ3) is 5.27. The van der Waals surface area contributed by atoms with Crippen LogP contribution in [0.15, 0.2) is 83.0 Å². The Hall–Kier alpha value is -4.36. The molecule has 0 bridgehead atoms. The second kappa shape index (κ2) is 10.3. The second-order valence-corrected chi connectivity index (χ2v) is 9.15. The number of aryl methyl sites for hydroxylation is 1. The second-order valence-electron chi connectivity index (χ2n) is 8.74. The molecule has 0 aliphatic heterocycles. The van der Waals surface area contributed by atoms with Gasteiger partial charge >= 0.3 is 6.09 Å². The molecule has 186 valence electrons. The van der Waals surface area contributed by atoms with E-state index in [1.807, 2.05) is 36.4 Å². The van der Waals surface area contributed by atoms with Crippen molar-refractivity contribution in [2.45, 2.75) is 26.4 Å². The smallest absolute Gasteiger partial charge is 0.412 e. The first-order chi connectivity index (χ1) is 17.9. The van der Waals surface area contributed by atoms with Crippen molar-refractivity contribution in [3.8, 4) is 11.3 Å². The van der Waals surface area contributed by atoms with Crippen molar-refractivity contribution < 1.29 is 18.8 Å². The van der Waals surface area contributed by atoms with Crippen molar-refractivity contribution >= 4 is 35.4 Å². The molecule has 37 heavy (non-hydrogen) atoms. The lowest BCUT2D eigenvalue weighted by atomic mass is 10.1. The van der Waals surface area contributed by atoms with Crippen LogP contribution in [0.25, 0.3) is 17.4 Å². The van der Waals surface area contributed by atoms with E-state index in [4.69, 9.17) is 20.9 Å². The first kappa shape index (κ1) is 24.3. The fraction of sp³-hybridized carbons (Fsp3) is 0.138. The number of hydrogen-bond donors (Lipinski definition) is 2. The molecule has 1 aliphatic rings. The topological polar surface area (TPSA) is 93.5 Å². The first-order valence-corrected chi connectivity index (χ1v) is 12.2. The predicted octanol–water partition coefficient (Wildman–Crippen LogP) is 6.94. The summed E-state index contributed by atoms with van der Waals surface area (Å²) in [6.07, 6.45) is 1.46. The van der Waals surface area contributed by atoms with Crippen molar-refractivity contribution in [1.29, 1.82) is 0 Å². The Morgan fingerprint density at radius 2 is 1.73 bits per heavy atom. The average Bonchev–Trinajstić information content (AvgIpc) is 3.46. The van der Waals surface area contributed by atoms with Gasteiger partial charge in [0.15, 0.2) is 5.76 Å². The van der Waals surface area contributed by atoms with Crippen molar-refractivity contribution in [3.05, 3.63) is 111 Å². The van der Waals surface area contributed by atoms with Gasteiger partial charge in [-0.25, -0.2) is 4.79 Å². The Balaban J connectivity index is 1.26. The maximum atomic E-state index is 12.8. The lowest BCUT2D eigenvalue weighted by Gasteiger charge is -2.15. The molecule has 0 fully saturated rings. The average molecular weight is 514 g/mol. The molecular formula is C29H24ClN3O4. The summed E-state index contributed by atoms with van der Waals surface area (Å²) in [6, 6.07) is 22.1. The standard InChI is InChI=1S/C29H24ClN3O4/c1-17-26(32-29(35)36-18(2)24-9-5-6-10-25(24)30)27(37-33-17)19-11-13-20(14-12-19)28(34)31-23-15-21-7-3-4-8-22(21)16-23/h3-15,18H,16H2,1-2H3,(H,31,34)(H,32,35). The van der Waals surface area contributed by atoms with E-state index in [2.05, 4.69) is 21.9 Å². The molecule has 0 spiro atoms. The first-order valence-electron chi connectivity index (χ1n) is 11.8. The Labute approximate surface area is 219 Å². The zero-order chi connectivity index (χ0) is 25.9. The van der Waals surface area contributed by atoms with Crippen LogP contribution in [0.5, 0.6) is 0 Å². The maximum Gasteiger partial charge on any atom is 0.412 e. The van der Waals surface area contributed by atoms with Crippen molar-refractivity contribution in [1.82, 2.24) is 10.5 Å². The molecule has 0 saturated carbocycles. The van der Waals surface area contributed by atoms with Crippen LogP contribution in [0.3, 0.4) is 0 Å². The molecule has 7 nitrogen and oxygen atoms in total. The number of carbonyl (C=O) groups excluding carboxylic acids is 2. The van der Waals surface area contributed by atoms with Crippen LogP contribution in [-0.4, -0.2) is 17.2 Å². The lowest BCUT2D eigenvalue weighted by molar-refractivity contribution is 0.0965. The number of allylic oxidation sites excluding steroid dienone is 1. The van der Waals surface area contributed by atoms with Crippen molar-refractivity contribution in [2.24, 2.45) is 0 Å². The van der Waals surface area contributed by atoms with Gasteiger partial charge in [0.25, 0.3) is 5.91 Å². The third-order valence-electron chi connectivity index (χ3n) is 6.17. The van der Waals surface area contributed by atoms with Crippen LogP contribution in [0, 0.1) is 6.92 Å². The van der Waals surface area contributed by atoms with E-state index in [1.165, 1.54) is 5.56 Å². The molecule has 1 unspecified atom stereocenters. The van der Waals surface area contributed by atoms with Gasteiger partial charge in [0, 0.05) is 33.8 Å². The van der Waals surface area contributed by atoms with Gasteiger partial charge in [-0.1, -0.05) is 71.4 Å². The molecule has 5 rings (SSSR count). The number of fused-ring (bicyclic) bond motifs is 1. The van der Waals surface area contributed by atoms with Gasteiger partial charge in [0.2, 0.25) is 0 Å². The summed E-state index contributed by atoms with van der Waals surface area (Å²) in [4.78, 5) is 25.4. The monoisotopic (exact) mass is 513 g/mol. The number of halogens is 1. The Kier molecular flexibility index (Phi) is 6.79. The molecule has 8 heteroatoms. The molecule has 2 amide bonds. The molecule has 1 heterocycles. The molecule has 3 aromatic carbocycles. The Bertz CT molecular complexity index is 1510. The molecule has 0 saturated heterocycles. The molecular weight excluding hydrogens is 490 g/mol. The number of benzene rings is 3. The summed E-state index contributed by atoms with van der Waals surface area (Å²) in [5, 5.41) is 10.2. The number of ether oxygens (including phenoxy) is 1. The molecule has 1 atom stereocenters. The normalized spacial score (nSPS) is 12.9. The summed E-state index contributed by atoms with van der Waals surface area (Å²) < 4.78 is 11.0. The number of amides is 2. The molecule has 1 aliphatic carbocycles. The minimum absolute atomic E-state index is 0.199. The van der Waals surface area contributed by atoms with E-state index < -0.39 is 12.2 Å². The molecule has 1 aromatic heterocycles. The van der Waals surface area contributed by atoms with E-state index in [0.29, 0.717) is 45.3 Å². The van der Waals surface area contributed by atoms with Crippen molar-refractivity contribution in [2.75, 3.05) is 5.32 Å². The van der Waals surface area contributed by atoms with Crippen molar-refractivity contribution in [3.63, 3.8) is 0 Å². The van der Waals surface area contributed by atoms with Crippen LogP contribution < -0.4 is 10.6 Å². The minimum Gasteiger partial charge on any atom is -0.441 e. The third-order valence-corrected chi connectivity index (χ3v) is 6.51. The van der Waals surface area contributed by atoms with Crippen LogP contribution in [-0.2, 0) is 11.2 Å². The molecule has 0 radical (unpaired) electrons. The summed E-state index contributed by atoms with van der Waals surface area (Å²) in [5.74, 6) is 0.163.